The second-order valence-corrected chi connectivity index (χ2v) is 10.6. The van der Waals surface area contributed by atoms with Crippen LogP contribution in [0.25, 0.3) is 10.2 Å². The zero-order chi connectivity index (χ0) is 24.5. The summed E-state index contributed by atoms with van der Waals surface area (Å²) in [6.45, 7) is 5.67. The number of hydrogen-bond donors (Lipinski definition) is 3. The van der Waals surface area contributed by atoms with Gasteiger partial charge in [-0.15, -0.1) is 0 Å². The maximum absolute atomic E-state index is 12.7. The van der Waals surface area contributed by atoms with Gasteiger partial charge < -0.3 is 15.4 Å². The zero-order valence-electron chi connectivity index (χ0n) is 19.1. The van der Waals surface area contributed by atoms with Crippen molar-refractivity contribution in [2.24, 2.45) is 0 Å². The second-order valence-electron chi connectivity index (χ2n) is 7.86. The van der Waals surface area contributed by atoms with Crippen LogP contribution in [-0.2, 0) is 10.0 Å². The monoisotopic (exact) mass is 496 g/mol. The van der Waals surface area contributed by atoms with E-state index in [4.69, 9.17) is 4.74 Å². The van der Waals surface area contributed by atoms with Crippen molar-refractivity contribution in [3.8, 4) is 5.75 Å². The SMILES string of the molecule is COc1ccc(C)cc1NC(=O)Nc1cc(C)c2nc(NS(=O)(=O)c3ccc(C)cc3)sc2c1. The van der Waals surface area contributed by atoms with Crippen LogP contribution in [0.5, 0.6) is 5.75 Å². The van der Waals surface area contributed by atoms with Crippen LogP contribution in [-0.4, -0.2) is 26.5 Å². The van der Waals surface area contributed by atoms with Crippen molar-refractivity contribution in [2.75, 3.05) is 22.5 Å². The van der Waals surface area contributed by atoms with Crippen molar-refractivity contribution in [3.05, 3.63) is 71.3 Å². The molecule has 8 nitrogen and oxygen atoms in total. The number of urea groups is 1. The Morgan fingerprint density at radius 2 is 1.65 bits per heavy atom. The van der Waals surface area contributed by atoms with E-state index >= 15 is 0 Å². The van der Waals surface area contributed by atoms with Gasteiger partial charge in [0.25, 0.3) is 10.0 Å². The van der Waals surface area contributed by atoms with Crippen molar-refractivity contribution < 1.29 is 17.9 Å². The van der Waals surface area contributed by atoms with Crippen molar-refractivity contribution in [3.63, 3.8) is 0 Å². The average molecular weight is 497 g/mol. The summed E-state index contributed by atoms with van der Waals surface area (Å²) in [7, 11) is -2.22. The number of hydrogen-bond acceptors (Lipinski definition) is 6. The molecule has 0 saturated carbocycles. The first-order valence-corrected chi connectivity index (χ1v) is 12.7. The van der Waals surface area contributed by atoms with Crippen LogP contribution < -0.4 is 20.1 Å². The molecule has 176 valence electrons. The fourth-order valence-corrected chi connectivity index (χ4v) is 5.63. The number of anilines is 3. The summed E-state index contributed by atoms with van der Waals surface area (Å²) < 4.78 is 34.0. The van der Waals surface area contributed by atoms with Crippen LogP contribution in [0.15, 0.2) is 59.5 Å². The maximum atomic E-state index is 12.7. The highest BCUT2D eigenvalue weighted by Crippen LogP contribution is 2.32. The molecule has 2 amide bonds. The van der Waals surface area contributed by atoms with Crippen LogP contribution in [0.3, 0.4) is 0 Å². The van der Waals surface area contributed by atoms with E-state index < -0.39 is 16.1 Å². The molecule has 34 heavy (non-hydrogen) atoms. The molecule has 10 heteroatoms. The topological polar surface area (TPSA) is 109 Å². The van der Waals surface area contributed by atoms with Crippen LogP contribution in [0.4, 0.5) is 21.3 Å². The number of fused-ring (bicyclic) bond motifs is 1. The van der Waals surface area contributed by atoms with E-state index in [1.807, 2.05) is 32.9 Å². The molecule has 4 rings (SSSR count). The van der Waals surface area contributed by atoms with Gasteiger partial charge in [-0.2, -0.15) is 0 Å². The van der Waals surface area contributed by atoms with Gasteiger partial charge in [0.05, 0.1) is 27.9 Å². The minimum absolute atomic E-state index is 0.166. The highest BCUT2D eigenvalue weighted by molar-refractivity contribution is 7.93. The number of nitrogens with zero attached hydrogens (tertiary/aromatic N) is 1. The van der Waals surface area contributed by atoms with Crippen molar-refractivity contribution in [1.29, 1.82) is 0 Å². The summed E-state index contributed by atoms with van der Waals surface area (Å²) in [5.74, 6) is 0.556. The smallest absolute Gasteiger partial charge is 0.323 e. The standard InChI is InChI=1S/C24H24N4O4S2/c1-14-5-8-18(9-6-14)34(30,31)28-24-27-22-16(3)12-17(13-21(22)33-24)25-23(29)26-19-11-15(2)7-10-20(19)32-4/h5-13H,1-4H3,(H,27,28)(H2,25,26,29). The molecule has 1 heterocycles. The van der Waals surface area contributed by atoms with Crippen LogP contribution in [0, 0.1) is 20.8 Å². The number of ether oxygens (including phenoxy) is 1. The number of amides is 2. The highest BCUT2D eigenvalue weighted by atomic mass is 32.2. The van der Waals surface area contributed by atoms with Gasteiger partial charge in [-0.05, 0) is 68.3 Å². The largest absolute Gasteiger partial charge is 0.495 e. The van der Waals surface area contributed by atoms with Crippen LogP contribution in [0.2, 0.25) is 0 Å². The summed E-state index contributed by atoms with van der Waals surface area (Å²) in [5.41, 5.74) is 4.54. The lowest BCUT2D eigenvalue weighted by Gasteiger charge is -2.12. The van der Waals surface area contributed by atoms with E-state index in [-0.39, 0.29) is 10.0 Å². The summed E-state index contributed by atoms with van der Waals surface area (Å²) in [6.07, 6.45) is 0. The average Bonchev–Trinajstić information content (AvgIpc) is 3.16. The molecule has 0 fully saturated rings. The molecule has 0 saturated heterocycles. The molecule has 0 aliphatic heterocycles. The highest BCUT2D eigenvalue weighted by Gasteiger charge is 2.18. The molecule has 0 unspecified atom stereocenters. The molecule has 1 aromatic heterocycles. The van der Waals surface area contributed by atoms with E-state index in [1.54, 1.807) is 49.6 Å². The second kappa shape index (κ2) is 9.32. The van der Waals surface area contributed by atoms with Gasteiger partial charge >= 0.3 is 6.03 Å². The van der Waals surface area contributed by atoms with Crippen LogP contribution in [0.1, 0.15) is 16.7 Å². The first kappa shape index (κ1) is 23.5. The fraction of sp³-hybridized carbons (Fsp3) is 0.167. The number of thiazole rings is 1. The Hall–Kier alpha value is -3.63. The molecule has 0 spiro atoms. The molecule has 3 N–H and O–H groups in total. The van der Waals surface area contributed by atoms with Gasteiger partial charge in [0.1, 0.15) is 5.75 Å². The number of sulfonamides is 1. The predicted molar refractivity (Wildman–Crippen MR) is 137 cm³/mol. The molecule has 0 aliphatic rings. The molecule has 3 aromatic carbocycles. The van der Waals surface area contributed by atoms with Gasteiger partial charge in [0.15, 0.2) is 5.13 Å². The van der Waals surface area contributed by atoms with E-state index in [2.05, 4.69) is 20.3 Å². The lowest BCUT2D eigenvalue weighted by molar-refractivity contribution is 0.262. The van der Waals surface area contributed by atoms with Crippen molar-refractivity contribution in [1.82, 2.24) is 4.98 Å². The molecule has 0 bridgehead atoms. The van der Waals surface area contributed by atoms with Gasteiger partial charge in [0, 0.05) is 5.69 Å². The van der Waals surface area contributed by atoms with Crippen LogP contribution >= 0.6 is 11.3 Å². The number of aryl methyl sites for hydroxylation is 3. The van der Waals surface area contributed by atoms with E-state index in [9.17, 15) is 13.2 Å². The predicted octanol–water partition coefficient (Wildman–Crippen LogP) is 5.67. The third kappa shape index (κ3) is 5.13. The molecule has 0 atom stereocenters. The van der Waals surface area contributed by atoms with Gasteiger partial charge in [-0.25, -0.2) is 18.2 Å². The van der Waals surface area contributed by atoms with Crippen molar-refractivity contribution >= 4 is 54.1 Å². The summed E-state index contributed by atoms with van der Waals surface area (Å²) >= 11 is 1.20. The number of carbonyl (C=O) groups is 1. The molecule has 0 aliphatic carbocycles. The number of benzene rings is 3. The van der Waals surface area contributed by atoms with E-state index in [1.165, 1.54) is 11.3 Å². The normalized spacial score (nSPS) is 11.3. The lowest BCUT2D eigenvalue weighted by atomic mass is 10.2. The number of methoxy groups -OCH3 is 1. The number of carbonyl (C=O) groups excluding carboxylic acids is 1. The van der Waals surface area contributed by atoms with Gasteiger partial charge in [-0.1, -0.05) is 35.1 Å². The van der Waals surface area contributed by atoms with Gasteiger partial charge in [0.2, 0.25) is 0 Å². The third-order valence-corrected chi connectivity index (χ3v) is 7.50. The fourth-order valence-electron chi connectivity index (χ4n) is 3.41. The molecular formula is C24H24N4O4S2. The molecule has 4 aromatic rings. The van der Waals surface area contributed by atoms with E-state index in [0.29, 0.717) is 22.6 Å². The summed E-state index contributed by atoms with van der Waals surface area (Å²) in [4.78, 5) is 17.2. The van der Waals surface area contributed by atoms with Gasteiger partial charge in [-0.3, -0.25) is 4.72 Å². The third-order valence-electron chi connectivity index (χ3n) is 5.10. The Kier molecular flexibility index (Phi) is 6.45. The minimum atomic E-state index is -3.76. The Morgan fingerprint density at radius 3 is 2.35 bits per heavy atom. The molecule has 0 radical (unpaired) electrons. The Labute approximate surface area is 202 Å². The first-order valence-electron chi connectivity index (χ1n) is 10.4. The number of nitrogens with one attached hydrogen (secondary N) is 3. The number of rotatable bonds is 6. The molecular weight excluding hydrogens is 472 g/mol. The zero-order valence-corrected chi connectivity index (χ0v) is 20.7. The van der Waals surface area contributed by atoms with E-state index in [0.717, 1.165) is 21.4 Å². The number of aromatic nitrogens is 1. The first-order chi connectivity index (χ1) is 16.1. The summed E-state index contributed by atoms with van der Waals surface area (Å²) in [5, 5.41) is 5.87. The summed E-state index contributed by atoms with van der Waals surface area (Å²) in [6, 6.07) is 15.2. The quantitative estimate of drug-likeness (QED) is 0.318. The maximum Gasteiger partial charge on any atom is 0.323 e. The Bertz CT molecular complexity index is 1480. The van der Waals surface area contributed by atoms with Crippen molar-refractivity contribution in [2.45, 2.75) is 25.7 Å². The minimum Gasteiger partial charge on any atom is -0.495 e. The Balaban J connectivity index is 1.54. The lowest BCUT2D eigenvalue weighted by Crippen LogP contribution is -2.20. The Morgan fingerprint density at radius 1 is 0.941 bits per heavy atom.